The van der Waals surface area contributed by atoms with Crippen LogP contribution >= 0.6 is 0 Å². The van der Waals surface area contributed by atoms with Gasteiger partial charge in [0.15, 0.2) is 0 Å². The van der Waals surface area contributed by atoms with Crippen LogP contribution in [0.5, 0.6) is 0 Å². The molecular formula is C14H19F4NO. The Morgan fingerprint density at radius 1 is 1.30 bits per heavy atom. The second-order valence-electron chi connectivity index (χ2n) is 4.61. The molecule has 0 aliphatic carbocycles. The van der Waals surface area contributed by atoms with Crippen LogP contribution in [-0.4, -0.2) is 19.8 Å². The Kier molecular flexibility index (Phi) is 5.95. The quantitative estimate of drug-likeness (QED) is 0.803. The van der Waals surface area contributed by atoms with Crippen molar-refractivity contribution in [3.05, 3.63) is 35.1 Å². The van der Waals surface area contributed by atoms with Gasteiger partial charge in [0.2, 0.25) is 0 Å². The van der Waals surface area contributed by atoms with Gasteiger partial charge in [0, 0.05) is 7.11 Å². The topological polar surface area (TPSA) is 21.3 Å². The summed E-state index contributed by atoms with van der Waals surface area (Å²) in [7, 11) is 1.49. The summed E-state index contributed by atoms with van der Waals surface area (Å²) in [5.74, 6) is -1.26. The van der Waals surface area contributed by atoms with Crippen molar-refractivity contribution in [2.75, 3.05) is 13.7 Å². The molecule has 2 nitrogen and oxygen atoms in total. The Balaban J connectivity index is 3.14. The maximum absolute atomic E-state index is 13.3. The van der Waals surface area contributed by atoms with E-state index in [1.54, 1.807) is 6.92 Å². The number of ether oxygens (including phenoxy) is 1. The summed E-state index contributed by atoms with van der Waals surface area (Å²) < 4.78 is 56.7. The van der Waals surface area contributed by atoms with Gasteiger partial charge in [0.25, 0.3) is 0 Å². The normalized spacial score (nSPS) is 15.2. The second-order valence-corrected chi connectivity index (χ2v) is 4.61. The highest BCUT2D eigenvalue weighted by atomic mass is 19.4. The van der Waals surface area contributed by atoms with Crippen molar-refractivity contribution in [3.63, 3.8) is 0 Å². The number of methoxy groups -OCH3 is 1. The van der Waals surface area contributed by atoms with E-state index in [4.69, 9.17) is 4.74 Å². The summed E-state index contributed by atoms with van der Waals surface area (Å²) in [6, 6.07) is 2.63. The van der Waals surface area contributed by atoms with Crippen molar-refractivity contribution >= 4 is 0 Å². The Labute approximate surface area is 116 Å². The summed E-state index contributed by atoms with van der Waals surface area (Å²) in [6.07, 6.45) is -4.19. The summed E-state index contributed by atoms with van der Waals surface area (Å²) in [6.45, 7) is 4.34. The van der Waals surface area contributed by atoms with Crippen LogP contribution in [0.25, 0.3) is 0 Å². The molecule has 0 aliphatic heterocycles. The number of halogens is 4. The van der Waals surface area contributed by atoms with Crippen molar-refractivity contribution in [1.82, 2.24) is 5.32 Å². The lowest BCUT2D eigenvalue weighted by Gasteiger charge is -2.25. The zero-order valence-corrected chi connectivity index (χ0v) is 11.7. The Hall–Kier alpha value is -1.14. The van der Waals surface area contributed by atoms with E-state index in [1.807, 2.05) is 6.92 Å². The molecule has 1 aromatic rings. The molecule has 0 aromatic heterocycles. The van der Waals surface area contributed by atoms with Crippen LogP contribution in [0.3, 0.4) is 0 Å². The van der Waals surface area contributed by atoms with Gasteiger partial charge in [0.1, 0.15) is 5.82 Å². The molecule has 2 atom stereocenters. The molecule has 20 heavy (non-hydrogen) atoms. The maximum Gasteiger partial charge on any atom is 0.419 e. The molecule has 114 valence electrons. The fourth-order valence-corrected chi connectivity index (χ4v) is 1.94. The Morgan fingerprint density at radius 3 is 2.45 bits per heavy atom. The van der Waals surface area contributed by atoms with E-state index >= 15 is 0 Å². The third-order valence-corrected chi connectivity index (χ3v) is 3.11. The van der Waals surface area contributed by atoms with Crippen molar-refractivity contribution in [3.8, 4) is 0 Å². The van der Waals surface area contributed by atoms with Gasteiger partial charge < -0.3 is 10.1 Å². The highest BCUT2D eigenvalue weighted by Gasteiger charge is 2.35. The van der Waals surface area contributed by atoms with Crippen LogP contribution in [0.4, 0.5) is 17.6 Å². The monoisotopic (exact) mass is 293 g/mol. The minimum absolute atomic E-state index is 0.326. The fraction of sp³-hybridized carbons (Fsp3) is 0.571. The second kappa shape index (κ2) is 7.04. The summed E-state index contributed by atoms with van der Waals surface area (Å²) in [4.78, 5) is 0. The first-order chi connectivity index (χ1) is 9.31. The van der Waals surface area contributed by atoms with Crippen LogP contribution in [0.2, 0.25) is 0 Å². The van der Waals surface area contributed by atoms with E-state index in [1.165, 1.54) is 13.2 Å². The standard InChI is InChI=1S/C14H19F4NO/c1-4-7-19-13(9(2)20-3)10-5-6-12(15)11(8-10)14(16,17)18/h5-6,8-9,13,19H,4,7H2,1-3H3. The molecule has 0 heterocycles. The van der Waals surface area contributed by atoms with E-state index in [9.17, 15) is 17.6 Å². The molecule has 6 heteroatoms. The zero-order chi connectivity index (χ0) is 15.3. The molecule has 0 bridgehead atoms. The van der Waals surface area contributed by atoms with Crippen LogP contribution in [-0.2, 0) is 10.9 Å². The van der Waals surface area contributed by atoms with Gasteiger partial charge in [-0.3, -0.25) is 0 Å². The number of hydrogen-bond acceptors (Lipinski definition) is 2. The number of benzene rings is 1. The third-order valence-electron chi connectivity index (χ3n) is 3.11. The lowest BCUT2D eigenvalue weighted by molar-refractivity contribution is -0.140. The molecule has 1 N–H and O–H groups in total. The zero-order valence-electron chi connectivity index (χ0n) is 11.7. The van der Waals surface area contributed by atoms with E-state index in [0.29, 0.717) is 12.1 Å². The minimum Gasteiger partial charge on any atom is -0.380 e. The number of nitrogens with one attached hydrogen (secondary N) is 1. The highest BCUT2D eigenvalue weighted by Crippen LogP contribution is 2.33. The molecule has 0 saturated carbocycles. The van der Waals surface area contributed by atoms with E-state index in [0.717, 1.165) is 18.6 Å². The van der Waals surface area contributed by atoms with E-state index < -0.39 is 23.6 Å². The minimum atomic E-state index is -4.70. The predicted octanol–water partition coefficient (Wildman–Crippen LogP) is 3.92. The van der Waals surface area contributed by atoms with Crippen LogP contribution in [0.1, 0.15) is 37.4 Å². The maximum atomic E-state index is 13.3. The van der Waals surface area contributed by atoms with Crippen molar-refractivity contribution in [2.45, 2.75) is 38.6 Å². The fourth-order valence-electron chi connectivity index (χ4n) is 1.94. The Bertz CT molecular complexity index is 434. The van der Waals surface area contributed by atoms with Crippen LogP contribution in [0, 0.1) is 5.82 Å². The molecule has 0 amide bonds. The van der Waals surface area contributed by atoms with Gasteiger partial charge in [-0.25, -0.2) is 4.39 Å². The summed E-state index contributed by atoms with van der Waals surface area (Å²) in [5.41, 5.74) is -0.886. The Morgan fingerprint density at radius 2 is 1.95 bits per heavy atom. The summed E-state index contributed by atoms with van der Waals surface area (Å²) >= 11 is 0. The third kappa shape index (κ3) is 4.18. The molecular weight excluding hydrogens is 274 g/mol. The predicted molar refractivity (Wildman–Crippen MR) is 68.9 cm³/mol. The first kappa shape index (κ1) is 16.9. The van der Waals surface area contributed by atoms with Gasteiger partial charge in [0.05, 0.1) is 17.7 Å². The van der Waals surface area contributed by atoms with Gasteiger partial charge in [-0.05, 0) is 37.6 Å². The molecule has 0 aliphatic rings. The number of rotatable bonds is 6. The van der Waals surface area contributed by atoms with Crippen molar-refractivity contribution < 1.29 is 22.3 Å². The molecule has 0 radical (unpaired) electrons. The lowest BCUT2D eigenvalue weighted by Crippen LogP contribution is -2.32. The smallest absolute Gasteiger partial charge is 0.380 e. The van der Waals surface area contributed by atoms with Crippen molar-refractivity contribution in [1.29, 1.82) is 0 Å². The van der Waals surface area contributed by atoms with Crippen LogP contribution in [0.15, 0.2) is 18.2 Å². The summed E-state index contributed by atoms with van der Waals surface area (Å²) in [5, 5.41) is 3.12. The molecule has 0 fully saturated rings. The largest absolute Gasteiger partial charge is 0.419 e. The highest BCUT2D eigenvalue weighted by molar-refractivity contribution is 5.30. The number of alkyl halides is 3. The average molecular weight is 293 g/mol. The van der Waals surface area contributed by atoms with Crippen molar-refractivity contribution in [2.24, 2.45) is 0 Å². The van der Waals surface area contributed by atoms with Crippen LogP contribution < -0.4 is 5.32 Å². The van der Waals surface area contributed by atoms with E-state index in [2.05, 4.69) is 5.32 Å². The molecule has 0 spiro atoms. The van der Waals surface area contributed by atoms with Gasteiger partial charge >= 0.3 is 6.18 Å². The molecule has 1 rings (SSSR count). The first-order valence-corrected chi connectivity index (χ1v) is 6.44. The molecule has 0 saturated heterocycles. The average Bonchev–Trinajstić information content (AvgIpc) is 2.39. The number of hydrogen-bond donors (Lipinski definition) is 1. The first-order valence-electron chi connectivity index (χ1n) is 6.44. The van der Waals surface area contributed by atoms with Gasteiger partial charge in [-0.15, -0.1) is 0 Å². The SMILES string of the molecule is CCCNC(c1ccc(F)c(C(F)(F)F)c1)C(C)OC. The molecule has 1 aromatic carbocycles. The van der Waals surface area contributed by atoms with E-state index in [-0.39, 0.29) is 6.10 Å². The van der Waals surface area contributed by atoms with Gasteiger partial charge in [-0.1, -0.05) is 13.0 Å². The van der Waals surface area contributed by atoms with Gasteiger partial charge in [-0.2, -0.15) is 13.2 Å². The lowest BCUT2D eigenvalue weighted by atomic mass is 9.99. The molecule has 2 unspecified atom stereocenters.